The number of likely N-dealkylation sites (tertiary alicyclic amines) is 1. The van der Waals surface area contributed by atoms with Crippen molar-refractivity contribution >= 4 is 17.4 Å². The first-order chi connectivity index (χ1) is 13.5. The van der Waals surface area contributed by atoms with Gasteiger partial charge in [-0.15, -0.1) is 0 Å². The van der Waals surface area contributed by atoms with Crippen LogP contribution < -0.4 is 4.74 Å². The summed E-state index contributed by atoms with van der Waals surface area (Å²) in [7, 11) is 3.09. The largest absolute Gasteiger partial charge is 0.507 e. The lowest BCUT2D eigenvalue weighted by atomic mass is 9.92. The third kappa shape index (κ3) is 3.51. The van der Waals surface area contributed by atoms with Crippen LogP contribution in [0.2, 0.25) is 0 Å². The monoisotopic (exact) mass is 381 g/mol. The Kier molecular flexibility index (Phi) is 5.80. The predicted molar refractivity (Wildman–Crippen MR) is 105 cm³/mol. The number of aliphatic hydroxyl groups is 1. The van der Waals surface area contributed by atoms with Crippen molar-refractivity contribution in [3.8, 4) is 5.75 Å². The van der Waals surface area contributed by atoms with Gasteiger partial charge < -0.3 is 19.5 Å². The van der Waals surface area contributed by atoms with Crippen molar-refractivity contribution < 1.29 is 24.2 Å². The number of carbonyl (C=O) groups is 2. The van der Waals surface area contributed by atoms with Crippen LogP contribution in [-0.2, 0) is 14.3 Å². The Morgan fingerprint density at radius 2 is 1.75 bits per heavy atom. The van der Waals surface area contributed by atoms with E-state index in [1.165, 1.54) is 12.0 Å². The summed E-state index contributed by atoms with van der Waals surface area (Å²) in [5.74, 6) is -0.903. The molecule has 6 heteroatoms. The zero-order chi connectivity index (χ0) is 20.3. The quantitative estimate of drug-likeness (QED) is 0.473. The molecule has 1 aliphatic rings. The Morgan fingerprint density at radius 3 is 2.36 bits per heavy atom. The molecule has 1 fully saturated rings. The predicted octanol–water partition coefficient (Wildman–Crippen LogP) is 3.07. The fraction of sp³-hybridized carbons (Fsp3) is 0.273. The number of amides is 1. The average molecular weight is 381 g/mol. The Balaban J connectivity index is 2.16. The van der Waals surface area contributed by atoms with E-state index < -0.39 is 17.7 Å². The van der Waals surface area contributed by atoms with Crippen LogP contribution in [0.1, 0.15) is 22.7 Å². The highest BCUT2D eigenvalue weighted by atomic mass is 16.5. The Bertz CT molecular complexity index is 917. The van der Waals surface area contributed by atoms with Crippen LogP contribution in [0.3, 0.4) is 0 Å². The molecule has 6 nitrogen and oxygen atoms in total. The van der Waals surface area contributed by atoms with E-state index in [4.69, 9.17) is 9.47 Å². The van der Waals surface area contributed by atoms with Crippen molar-refractivity contribution in [1.82, 2.24) is 4.90 Å². The van der Waals surface area contributed by atoms with Crippen LogP contribution >= 0.6 is 0 Å². The third-order valence-corrected chi connectivity index (χ3v) is 4.92. The molecular formula is C22H23NO5. The molecule has 28 heavy (non-hydrogen) atoms. The number of rotatable bonds is 6. The number of aliphatic hydroxyl groups excluding tert-OH is 1. The van der Waals surface area contributed by atoms with Crippen molar-refractivity contribution in [2.45, 2.75) is 13.0 Å². The minimum atomic E-state index is -0.697. The zero-order valence-electron chi connectivity index (χ0n) is 16.1. The molecule has 1 saturated heterocycles. The summed E-state index contributed by atoms with van der Waals surface area (Å²) in [6, 6.07) is 13.6. The third-order valence-electron chi connectivity index (χ3n) is 4.92. The molecule has 3 rings (SSSR count). The van der Waals surface area contributed by atoms with Crippen LogP contribution in [0.5, 0.6) is 5.75 Å². The minimum Gasteiger partial charge on any atom is -0.507 e. The molecule has 1 atom stereocenters. The molecule has 1 amide bonds. The van der Waals surface area contributed by atoms with Gasteiger partial charge in [-0.2, -0.15) is 0 Å². The maximum atomic E-state index is 12.8. The molecule has 0 aromatic heterocycles. The maximum Gasteiger partial charge on any atom is 0.295 e. The highest BCUT2D eigenvalue weighted by Gasteiger charge is 2.46. The van der Waals surface area contributed by atoms with Gasteiger partial charge in [0.2, 0.25) is 0 Å². The number of methoxy groups -OCH3 is 2. The summed E-state index contributed by atoms with van der Waals surface area (Å²) >= 11 is 0. The first-order valence-electron chi connectivity index (χ1n) is 8.97. The van der Waals surface area contributed by atoms with Gasteiger partial charge in [-0.25, -0.2) is 0 Å². The first-order valence-corrected chi connectivity index (χ1v) is 8.97. The molecule has 146 valence electrons. The molecule has 0 saturated carbocycles. The number of aryl methyl sites for hydroxylation is 1. The van der Waals surface area contributed by atoms with E-state index in [-0.39, 0.29) is 24.5 Å². The Morgan fingerprint density at radius 1 is 1.07 bits per heavy atom. The second-order valence-corrected chi connectivity index (χ2v) is 6.57. The number of hydrogen-bond donors (Lipinski definition) is 1. The number of Topliss-reactive ketones (excluding diaryl/α,β-unsaturated/α-hetero) is 1. The van der Waals surface area contributed by atoms with Crippen LogP contribution in [0, 0.1) is 6.92 Å². The summed E-state index contributed by atoms with van der Waals surface area (Å²) in [4.78, 5) is 27.0. The van der Waals surface area contributed by atoms with Gasteiger partial charge >= 0.3 is 0 Å². The van der Waals surface area contributed by atoms with Crippen LogP contribution in [0.25, 0.3) is 5.76 Å². The lowest BCUT2D eigenvalue weighted by molar-refractivity contribution is -0.140. The SMILES string of the molecule is COCCN1C(=O)C(=O)/C(=C(\O)c2ccc(OC)cc2)C1c1ccccc1C. The van der Waals surface area contributed by atoms with Crippen molar-refractivity contribution in [2.24, 2.45) is 0 Å². The smallest absolute Gasteiger partial charge is 0.295 e. The number of carbonyl (C=O) groups excluding carboxylic acids is 2. The molecule has 1 heterocycles. The van der Waals surface area contributed by atoms with E-state index >= 15 is 0 Å². The number of benzene rings is 2. The van der Waals surface area contributed by atoms with Crippen LogP contribution in [-0.4, -0.2) is 49.1 Å². The summed E-state index contributed by atoms with van der Waals surface area (Å²) in [5, 5.41) is 10.9. The van der Waals surface area contributed by atoms with Gasteiger partial charge in [0.05, 0.1) is 25.3 Å². The Hall–Kier alpha value is -3.12. The van der Waals surface area contributed by atoms with E-state index in [0.717, 1.165) is 11.1 Å². The summed E-state index contributed by atoms with van der Waals surface area (Å²) in [5.41, 5.74) is 2.26. The lowest BCUT2D eigenvalue weighted by Crippen LogP contribution is -2.32. The molecule has 1 aliphatic heterocycles. The van der Waals surface area contributed by atoms with Crippen LogP contribution in [0.4, 0.5) is 0 Å². The van der Waals surface area contributed by atoms with E-state index in [2.05, 4.69) is 0 Å². The molecule has 1 N–H and O–H groups in total. The van der Waals surface area contributed by atoms with Crippen LogP contribution in [0.15, 0.2) is 54.1 Å². The minimum absolute atomic E-state index is 0.0839. The second-order valence-electron chi connectivity index (χ2n) is 6.57. The number of ether oxygens (including phenoxy) is 2. The van der Waals surface area contributed by atoms with E-state index in [0.29, 0.717) is 11.3 Å². The van der Waals surface area contributed by atoms with Gasteiger partial charge in [0, 0.05) is 19.2 Å². The number of nitrogens with zero attached hydrogens (tertiary/aromatic N) is 1. The van der Waals surface area contributed by atoms with Crippen molar-refractivity contribution in [1.29, 1.82) is 0 Å². The summed E-state index contributed by atoms with van der Waals surface area (Å²) in [6.07, 6.45) is 0. The average Bonchev–Trinajstić information content (AvgIpc) is 2.96. The highest BCUT2D eigenvalue weighted by molar-refractivity contribution is 6.46. The first kappa shape index (κ1) is 19.6. The van der Waals surface area contributed by atoms with Gasteiger partial charge in [-0.3, -0.25) is 9.59 Å². The summed E-state index contributed by atoms with van der Waals surface area (Å²) in [6.45, 7) is 2.45. The fourth-order valence-electron chi connectivity index (χ4n) is 3.42. The molecule has 0 aliphatic carbocycles. The van der Waals surface area contributed by atoms with Gasteiger partial charge in [-0.1, -0.05) is 24.3 Å². The van der Waals surface area contributed by atoms with Gasteiger partial charge in [-0.05, 0) is 42.3 Å². The normalized spacial score (nSPS) is 18.5. The van der Waals surface area contributed by atoms with E-state index in [1.807, 2.05) is 31.2 Å². The van der Waals surface area contributed by atoms with Crippen molar-refractivity contribution in [3.05, 3.63) is 70.8 Å². The van der Waals surface area contributed by atoms with Gasteiger partial charge in [0.1, 0.15) is 11.5 Å². The standard InChI is InChI=1S/C22H23NO5/c1-14-6-4-5-7-17(14)19-18(21(25)22(26)23(19)12-13-27-2)20(24)15-8-10-16(28-3)11-9-15/h4-11,19,24H,12-13H2,1-3H3/b20-18-. The highest BCUT2D eigenvalue weighted by Crippen LogP contribution is 2.40. The molecule has 2 aromatic rings. The topological polar surface area (TPSA) is 76.1 Å². The summed E-state index contributed by atoms with van der Waals surface area (Å²) < 4.78 is 10.2. The molecule has 2 aromatic carbocycles. The van der Waals surface area contributed by atoms with E-state index in [1.54, 1.807) is 31.4 Å². The maximum absolute atomic E-state index is 12.8. The molecular weight excluding hydrogens is 358 g/mol. The molecule has 0 spiro atoms. The van der Waals surface area contributed by atoms with Gasteiger partial charge in [0.25, 0.3) is 11.7 Å². The number of ketones is 1. The van der Waals surface area contributed by atoms with E-state index in [9.17, 15) is 14.7 Å². The lowest BCUT2D eigenvalue weighted by Gasteiger charge is -2.26. The van der Waals surface area contributed by atoms with Crippen molar-refractivity contribution in [3.63, 3.8) is 0 Å². The zero-order valence-corrected chi connectivity index (χ0v) is 16.1. The Labute approximate surface area is 164 Å². The molecule has 0 radical (unpaired) electrons. The molecule has 1 unspecified atom stereocenters. The molecule has 0 bridgehead atoms. The number of hydrogen-bond acceptors (Lipinski definition) is 5. The van der Waals surface area contributed by atoms with Crippen molar-refractivity contribution in [2.75, 3.05) is 27.4 Å². The fourth-order valence-corrected chi connectivity index (χ4v) is 3.42. The second kappa shape index (κ2) is 8.27. The van der Waals surface area contributed by atoms with Gasteiger partial charge in [0.15, 0.2) is 0 Å².